The van der Waals surface area contributed by atoms with Crippen molar-refractivity contribution in [1.82, 2.24) is 9.97 Å². The summed E-state index contributed by atoms with van der Waals surface area (Å²) in [6.45, 7) is -2.82. The summed E-state index contributed by atoms with van der Waals surface area (Å²) in [6.07, 6.45) is 4.46. The first kappa shape index (κ1) is 16.6. The molecule has 1 heterocycles. The number of rotatable bonds is 6. The summed E-state index contributed by atoms with van der Waals surface area (Å²) in [4.78, 5) is 19.1. The highest BCUT2D eigenvalue weighted by Gasteiger charge is 2.17. The van der Waals surface area contributed by atoms with Gasteiger partial charge in [-0.25, -0.2) is 4.98 Å². The second kappa shape index (κ2) is 7.12. The van der Waals surface area contributed by atoms with Gasteiger partial charge in [0.25, 0.3) is 5.56 Å². The zero-order chi connectivity index (χ0) is 17.1. The van der Waals surface area contributed by atoms with Crippen LogP contribution in [0.25, 0.3) is 10.9 Å². The lowest BCUT2D eigenvalue weighted by Crippen LogP contribution is -2.15. The van der Waals surface area contributed by atoms with E-state index in [4.69, 9.17) is 9.47 Å². The van der Waals surface area contributed by atoms with Crippen LogP contribution >= 0.6 is 0 Å². The standard InChI is InChI=1S/C16H18F2N2O4/c1-22-12-6-10-11(7-13(12)24-16(17)18)19-14(20-15(10)21)8-23-9-4-2-3-5-9/h6-7,9,16H,2-5,8H2,1H3,(H,19,20,21). The number of methoxy groups -OCH3 is 1. The van der Waals surface area contributed by atoms with Gasteiger partial charge in [-0.15, -0.1) is 0 Å². The van der Waals surface area contributed by atoms with Crippen molar-refractivity contribution >= 4 is 10.9 Å². The zero-order valence-electron chi connectivity index (χ0n) is 13.2. The first-order valence-electron chi connectivity index (χ1n) is 7.74. The third-order valence-electron chi connectivity index (χ3n) is 4.01. The van der Waals surface area contributed by atoms with Crippen LogP contribution in [0.2, 0.25) is 0 Å². The fourth-order valence-corrected chi connectivity index (χ4v) is 2.86. The average molecular weight is 340 g/mol. The first-order chi connectivity index (χ1) is 11.6. The Balaban J connectivity index is 1.91. The van der Waals surface area contributed by atoms with Gasteiger partial charge >= 0.3 is 6.61 Å². The number of hydrogen-bond acceptors (Lipinski definition) is 5. The van der Waals surface area contributed by atoms with Gasteiger partial charge in [0.15, 0.2) is 11.5 Å². The van der Waals surface area contributed by atoms with Crippen LogP contribution in [0.1, 0.15) is 31.5 Å². The third-order valence-corrected chi connectivity index (χ3v) is 4.01. The molecular weight excluding hydrogens is 322 g/mol. The van der Waals surface area contributed by atoms with Crippen molar-refractivity contribution in [1.29, 1.82) is 0 Å². The lowest BCUT2D eigenvalue weighted by Gasteiger charge is -2.12. The van der Waals surface area contributed by atoms with Gasteiger partial charge in [-0.3, -0.25) is 4.79 Å². The molecule has 1 aliphatic rings. The lowest BCUT2D eigenvalue weighted by atomic mass is 10.2. The molecular formula is C16H18F2N2O4. The SMILES string of the molecule is COc1cc2c(=O)[nH]c(COC3CCCC3)nc2cc1OC(F)F. The molecule has 0 bridgehead atoms. The molecule has 130 valence electrons. The second-order valence-corrected chi connectivity index (χ2v) is 5.63. The highest BCUT2D eigenvalue weighted by Crippen LogP contribution is 2.31. The predicted octanol–water partition coefficient (Wildman–Crippen LogP) is 2.99. The summed E-state index contributed by atoms with van der Waals surface area (Å²) in [6, 6.07) is 2.61. The number of aromatic nitrogens is 2. The molecule has 0 unspecified atom stereocenters. The monoisotopic (exact) mass is 340 g/mol. The van der Waals surface area contributed by atoms with Gasteiger partial charge < -0.3 is 19.2 Å². The van der Waals surface area contributed by atoms with E-state index in [1.807, 2.05) is 0 Å². The molecule has 1 aromatic carbocycles. The number of benzene rings is 1. The molecule has 0 saturated heterocycles. The molecule has 1 saturated carbocycles. The number of ether oxygens (including phenoxy) is 3. The van der Waals surface area contributed by atoms with Gasteiger partial charge in [0.2, 0.25) is 0 Å². The minimum atomic E-state index is -3.00. The minimum absolute atomic E-state index is 0.0463. The Kier molecular flexibility index (Phi) is 4.94. The second-order valence-electron chi connectivity index (χ2n) is 5.63. The smallest absolute Gasteiger partial charge is 0.387 e. The molecule has 2 aromatic rings. The van der Waals surface area contributed by atoms with Gasteiger partial charge in [0.1, 0.15) is 12.4 Å². The molecule has 0 spiro atoms. The van der Waals surface area contributed by atoms with Crippen molar-refractivity contribution in [3.63, 3.8) is 0 Å². The molecule has 6 nitrogen and oxygen atoms in total. The molecule has 0 aliphatic heterocycles. The molecule has 0 atom stereocenters. The van der Waals surface area contributed by atoms with Crippen LogP contribution in [0.15, 0.2) is 16.9 Å². The number of H-pyrrole nitrogens is 1. The minimum Gasteiger partial charge on any atom is -0.493 e. The van der Waals surface area contributed by atoms with Crippen molar-refractivity contribution in [2.75, 3.05) is 7.11 Å². The predicted molar refractivity (Wildman–Crippen MR) is 82.6 cm³/mol. The van der Waals surface area contributed by atoms with Crippen LogP contribution in [0.3, 0.4) is 0 Å². The maximum absolute atomic E-state index is 12.5. The van der Waals surface area contributed by atoms with Crippen molar-refractivity contribution < 1.29 is 23.0 Å². The lowest BCUT2D eigenvalue weighted by molar-refractivity contribution is -0.0511. The van der Waals surface area contributed by atoms with E-state index in [0.29, 0.717) is 5.82 Å². The summed E-state index contributed by atoms with van der Waals surface area (Å²) in [5, 5.41) is 0.234. The highest BCUT2D eigenvalue weighted by atomic mass is 19.3. The Morgan fingerprint density at radius 1 is 1.29 bits per heavy atom. The molecule has 1 aromatic heterocycles. The van der Waals surface area contributed by atoms with Crippen molar-refractivity contribution in [2.24, 2.45) is 0 Å². The molecule has 8 heteroatoms. The van der Waals surface area contributed by atoms with E-state index in [0.717, 1.165) is 25.7 Å². The molecule has 1 fully saturated rings. The van der Waals surface area contributed by atoms with E-state index in [1.165, 1.54) is 19.2 Å². The van der Waals surface area contributed by atoms with Crippen LogP contribution in [0.5, 0.6) is 11.5 Å². The van der Waals surface area contributed by atoms with E-state index in [1.54, 1.807) is 0 Å². The Morgan fingerprint density at radius 2 is 2.04 bits per heavy atom. The summed E-state index contributed by atoms with van der Waals surface area (Å²) in [5.74, 6) is 0.235. The molecule has 1 aliphatic carbocycles. The Bertz CT molecular complexity index is 772. The Morgan fingerprint density at radius 3 is 2.71 bits per heavy atom. The van der Waals surface area contributed by atoms with Crippen LogP contribution < -0.4 is 15.0 Å². The van der Waals surface area contributed by atoms with Gasteiger partial charge in [-0.05, 0) is 18.9 Å². The fourth-order valence-electron chi connectivity index (χ4n) is 2.86. The number of alkyl halides is 2. The van der Waals surface area contributed by atoms with Crippen LogP contribution in [-0.2, 0) is 11.3 Å². The molecule has 1 N–H and O–H groups in total. The highest BCUT2D eigenvalue weighted by molar-refractivity contribution is 5.81. The number of fused-ring (bicyclic) bond motifs is 1. The zero-order valence-corrected chi connectivity index (χ0v) is 13.2. The first-order valence-corrected chi connectivity index (χ1v) is 7.74. The van der Waals surface area contributed by atoms with Crippen LogP contribution in [0, 0.1) is 0 Å². The van der Waals surface area contributed by atoms with Crippen LogP contribution in [0.4, 0.5) is 8.78 Å². The summed E-state index contributed by atoms with van der Waals surface area (Å²) < 4.78 is 40.1. The molecule has 0 radical (unpaired) electrons. The maximum atomic E-state index is 12.5. The number of aromatic amines is 1. The normalized spacial score (nSPS) is 15.3. The van der Waals surface area contributed by atoms with Crippen molar-refractivity contribution in [3.8, 4) is 11.5 Å². The maximum Gasteiger partial charge on any atom is 0.387 e. The van der Waals surface area contributed by atoms with Gasteiger partial charge in [-0.2, -0.15) is 8.78 Å². The van der Waals surface area contributed by atoms with E-state index in [9.17, 15) is 13.6 Å². The van der Waals surface area contributed by atoms with Gasteiger partial charge in [0, 0.05) is 6.07 Å². The number of nitrogens with one attached hydrogen (secondary N) is 1. The van der Waals surface area contributed by atoms with E-state index >= 15 is 0 Å². The van der Waals surface area contributed by atoms with Gasteiger partial charge in [0.05, 0.1) is 24.1 Å². The number of hydrogen-bond donors (Lipinski definition) is 1. The Labute approximate surface area is 136 Å². The van der Waals surface area contributed by atoms with Crippen molar-refractivity contribution in [2.45, 2.75) is 45.0 Å². The average Bonchev–Trinajstić information content (AvgIpc) is 3.05. The van der Waals surface area contributed by atoms with Crippen molar-refractivity contribution in [3.05, 3.63) is 28.3 Å². The quantitative estimate of drug-likeness (QED) is 0.875. The topological polar surface area (TPSA) is 73.4 Å². The summed E-state index contributed by atoms with van der Waals surface area (Å²) >= 11 is 0. The largest absolute Gasteiger partial charge is 0.493 e. The van der Waals surface area contributed by atoms with E-state index in [-0.39, 0.29) is 40.7 Å². The summed E-state index contributed by atoms with van der Waals surface area (Å²) in [7, 11) is 1.31. The fraction of sp³-hybridized carbons (Fsp3) is 0.500. The van der Waals surface area contributed by atoms with E-state index < -0.39 is 6.61 Å². The number of halogens is 2. The third kappa shape index (κ3) is 3.64. The summed E-state index contributed by atoms with van der Waals surface area (Å²) in [5.41, 5.74) is -0.132. The Hall–Kier alpha value is -2.22. The number of nitrogens with zero attached hydrogens (tertiary/aromatic N) is 1. The van der Waals surface area contributed by atoms with E-state index in [2.05, 4.69) is 14.7 Å². The molecule has 24 heavy (non-hydrogen) atoms. The van der Waals surface area contributed by atoms with Gasteiger partial charge in [-0.1, -0.05) is 12.8 Å². The van der Waals surface area contributed by atoms with Crippen LogP contribution in [-0.4, -0.2) is 29.8 Å². The molecule has 0 amide bonds. The molecule has 3 rings (SSSR count).